The third kappa shape index (κ3) is 1.50. The zero-order valence-corrected chi connectivity index (χ0v) is 8.56. The summed E-state index contributed by atoms with van der Waals surface area (Å²) in [6.45, 7) is 2.11. The van der Waals surface area contributed by atoms with Crippen LogP contribution in [-0.4, -0.2) is 19.3 Å². The number of aryl methyl sites for hydroxylation is 1. The molecule has 0 radical (unpaired) electrons. The summed E-state index contributed by atoms with van der Waals surface area (Å²) in [4.78, 5) is 16.0. The number of hydrogen-bond acceptors (Lipinski definition) is 3. The molecule has 15 heavy (non-hydrogen) atoms. The topological polar surface area (TPSA) is 52.7 Å². The third-order valence-corrected chi connectivity index (χ3v) is 2.14. The Labute approximate surface area is 86.4 Å². The molecule has 0 atom stereocenters. The minimum Gasteiger partial charge on any atom is -0.287 e. The van der Waals surface area contributed by atoms with Crippen LogP contribution in [0.3, 0.4) is 0 Å². The average molecular weight is 202 g/mol. The van der Waals surface area contributed by atoms with Gasteiger partial charge < -0.3 is 0 Å². The first kappa shape index (κ1) is 9.46. The largest absolute Gasteiger partial charge is 0.287 e. The molecular formula is C10H10N4O. The van der Waals surface area contributed by atoms with Gasteiger partial charge in [0.15, 0.2) is 5.65 Å². The monoisotopic (exact) mass is 202 g/mol. The molecule has 0 saturated heterocycles. The van der Waals surface area contributed by atoms with Gasteiger partial charge in [0.1, 0.15) is 11.7 Å². The van der Waals surface area contributed by atoms with Crippen LogP contribution in [0.1, 0.15) is 6.92 Å². The molecule has 0 amide bonds. The molecule has 0 N–H and O–H groups in total. The molecule has 5 heteroatoms. The van der Waals surface area contributed by atoms with Crippen LogP contribution in [0.2, 0.25) is 0 Å². The Morgan fingerprint density at radius 2 is 2.33 bits per heavy atom. The molecule has 0 aliphatic heterocycles. The molecule has 2 aromatic heterocycles. The molecule has 0 aromatic carbocycles. The summed E-state index contributed by atoms with van der Waals surface area (Å²) in [6.07, 6.45) is 3.03. The van der Waals surface area contributed by atoms with Crippen molar-refractivity contribution in [3.63, 3.8) is 0 Å². The van der Waals surface area contributed by atoms with Crippen molar-refractivity contribution in [3.05, 3.63) is 22.9 Å². The lowest BCUT2D eigenvalue weighted by Gasteiger charge is -1.99. The number of aromatic nitrogens is 4. The molecular weight excluding hydrogens is 192 g/mol. The fourth-order valence-corrected chi connectivity index (χ4v) is 1.34. The highest BCUT2D eigenvalue weighted by molar-refractivity contribution is 5.72. The van der Waals surface area contributed by atoms with Gasteiger partial charge in [0.05, 0.1) is 12.7 Å². The SMILES string of the molecule is CC#CCn1cnc2c(cnn2C)c1=O. The van der Waals surface area contributed by atoms with Gasteiger partial charge >= 0.3 is 0 Å². The van der Waals surface area contributed by atoms with Crippen molar-refractivity contribution in [1.29, 1.82) is 0 Å². The lowest BCUT2D eigenvalue weighted by molar-refractivity contribution is 0.759. The van der Waals surface area contributed by atoms with Crippen molar-refractivity contribution >= 4 is 11.0 Å². The van der Waals surface area contributed by atoms with Crippen LogP contribution in [0, 0.1) is 11.8 Å². The fourth-order valence-electron chi connectivity index (χ4n) is 1.34. The van der Waals surface area contributed by atoms with E-state index in [0.29, 0.717) is 17.6 Å². The quantitative estimate of drug-likeness (QED) is 0.619. The second kappa shape index (κ2) is 3.58. The van der Waals surface area contributed by atoms with Crippen molar-refractivity contribution in [1.82, 2.24) is 19.3 Å². The molecule has 0 bridgehead atoms. The van der Waals surface area contributed by atoms with E-state index in [-0.39, 0.29) is 5.56 Å². The van der Waals surface area contributed by atoms with Gasteiger partial charge in [-0.15, -0.1) is 5.92 Å². The lowest BCUT2D eigenvalue weighted by atomic mass is 10.4. The summed E-state index contributed by atoms with van der Waals surface area (Å²) in [5.74, 6) is 5.56. The van der Waals surface area contributed by atoms with Crippen molar-refractivity contribution in [2.45, 2.75) is 13.5 Å². The predicted octanol–water partition coefficient (Wildman–Crippen LogP) is 0.153. The van der Waals surface area contributed by atoms with Gasteiger partial charge in [0.25, 0.3) is 5.56 Å². The Morgan fingerprint density at radius 3 is 3.07 bits per heavy atom. The van der Waals surface area contributed by atoms with Crippen LogP contribution in [-0.2, 0) is 13.6 Å². The molecule has 2 rings (SSSR count). The molecule has 0 fully saturated rings. The standard InChI is InChI=1S/C10H10N4O/c1-3-4-5-14-7-11-9-8(10(14)15)6-12-13(9)2/h6-7H,5H2,1-2H3. The highest BCUT2D eigenvalue weighted by Gasteiger charge is 2.06. The molecule has 0 spiro atoms. The maximum atomic E-state index is 11.8. The van der Waals surface area contributed by atoms with Crippen molar-refractivity contribution < 1.29 is 0 Å². The zero-order chi connectivity index (χ0) is 10.8. The number of nitrogens with zero attached hydrogens (tertiary/aromatic N) is 4. The van der Waals surface area contributed by atoms with E-state index in [1.54, 1.807) is 18.7 Å². The Balaban J connectivity index is 2.64. The maximum Gasteiger partial charge on any atom is 0.265 e. The van der Waals surface area contributed by atoms with Crippen LogP contribution < -0.4 is 5.56 Å². The van der Waals surface area contributed by atoms with Gasteiger partial charge in [0, 0.05) is 7.05 Å². The summed E-state index contributed by atoms with van der Waals surface area (Å²) in [7, 11) is 1.75. The van der Waals surface area contributed by atoms with Gasteiger partial charge in [-0.25, -0.2) is 4.98 Å². The Bertz CT molecular complexity index is 612. The molecule has 76 valence electrons. The number of hydrogen-bond donors (Lipinski definition) is 0. The summed E-state index contributed by atoms with van der Waals surface area (Å²) < 4.78 is 3.05. The molecule has 0 saturated carbocycles. The number of rotatable bonds is 1. The van der Waals surface area contributed by atoms with Crippen molar-refractivity contribution in [2.24, 2.45) is 7.05 Å². The number of fused-ring (bicyclic) bond motifs is 1. The molecule has 0 aliphatic rings. The highest BCUT2D eigenvalue weighted by atomic mass is 16.1. The third-order valence-electron chi connectivity index (χ3n) is 2.14. The molecule has 2 aromatic rings. The van der Waals surface area contributed by atoms with Crippen LogP contribution in [0.25, 0.3) is 11.0 Å². The first-order chi connectivity index (χ1) is 7.24. The Kier molecular flexibility index (Phi) is 2.26. The van der Waals surface area contributed by atoms with Gasteiger partial charge in [-0.05, 0) is 6.92 Å². The van der Waals surface area contributed by atoms with E-state index >= 15 is 0 Å². The highest BCUT2D eigenvalue weighted by Crippen LogP contribution is 2.02. The molecule has 0 aliphatic carbocycles. The fraction of sp³-hybridized carbons (Fsp3) is 0.300. The normalized spacial score (nSPS) is 10.0. The summed E-state index contributed by atoms with van der Waals surface area (Å²) in [6, 6.07) is 0. The van der Waals surface area contributed by atoms with E-state index in [2.05, 4.69) is 21.9 Å². The predicted molar refractivity (Wildman–Crippen MR) is 56.2 cm³/mol. The van der Waals surface area contributed by atoms with Gasteiger partial charge in [-0.1, -0.05) is 5.92 Å². The second-order valence-corrected chi connectivity index (χ2v) is 3.11. The first-order valence-corrected chi connectivity index (χ1v) is 4.51. The van der Waals surface area contributed by atoms with Gasteiger partial charge in [-0.3, -0.25) is 14.0 Å². The van der Waals surface area contributed by atoms with Crippen LogP contribution in [0.5, 0.6) is 0 Å². The van der Waals surface area contributed by atoms with E-state index in [4.69, 9.17) is 0 Å². The van der Waals surface area contributed by atoms with Crippen molar-refractivity contribution in [2.75, 3.05) is 0 Å². The first-order valence-electron chi connectivity index (χ1n) is 4.51. The minimum absolute atomic E-state index is 0.101. The minimum atomic E-state index is -0.101. The smallest absolute Gasteiger partial charge is 0.265 e. The van der Waals surface area contributed by atoms with E-state index < -0.39 is 0 Å². The van der Waals surface area contributed by atoms with Gasteiger partial charge in [-0.2, -0.15) is 5.10 Å². The van der Waals surface area contributed by atoms with Crippen LogP contribution >= 0.6 is 0 Å². The molecule has 2 heterocycles. The Hall–Kier alpha value is -2.09. The van der Waals surface area contributed by atoms with Crippen LogP contribution in [0.4, 0.5) is 0 Å². The van der Waals surface area contributed by atoms with E-state index in [0.717, 1.165) is 0 Å². The summed E-state index contributed by atoms with van der Waals surface area (Å²) in [5, 5.41) is 4.51. The van der Waals surface area contributed by atoms with E-state index in [1.165, 1.54) is 17.1 Å². The molecule has 5 nitrogen and oxygen atoms in total. The van der Waals surface area contributed by atoms with Gasteiger partial charge in [0.2, 0.25) is 0 Å². The average Bonchev–Trinajstić information content (AvgIpc) is 2.61. The van der Waals surface area contributed by atoms with Crippen LogP contribution in [0.15, 0.2) is 17.3 Å². The second-order valence-electron chi connectivity index (χ2n) is 3.11. The summed E-state index contributed by atoms with van der Waals surface area (Å²) in [5.41, 5.74) is 0.497. The maximum absolute atomic E-state index is 11.8. The molecule has 0 unspecified atom stereocenters. The van der Waals surface area contributed by atoms with Crippen molar-refractivity contribution in [3.8, 4) is 11.8 Å². The lowest BCUT2D eigenvalue weighted by Crippen LogP contribution is -2.19. The summed E-state index contributed by atoms with van der Waals surface area (Å²) >= 11 is 0. The Morgan fingerprint density at radius 1 is 1.53 bits per heavy atom. The zero-order valence-electron chi connectivity index (χ0n) is 8.56. The van der Waals surface area contributed by atoms with E-state index in [9.17, 15) is 4.79 Å². The van der Waals surface area contributed by atoms with E-state index in [1.807, 2.05) is 0 Å².